The Morgan fingerprint density at radius 3 is 2.27 bits per heavy atom. The smallest absolute Gasteiger partial charge is 0.0934 e. The first-order valence-electron chi connectivity index (χ1n) is 4.30. The number of amidine groups is 1. The van der Waals surface area contributed by atoms with E-state index in [1.165, 1.54) is 0 Å². The normalized spacial score (nSPS) is 13.6. The Hall–Kier alpha value is -0.530. The van der Waals surface area contributed by atoms with Gasteiger partial charge in [0.05, 0.1) is 5.84 Å². The number of hydrogen-bond acceptors (Lipinski definition) is 1. The molecule has 11 heavy (non-hydrogen) atoms. The second-order valence-electron chi connectivity index (χ2n) is 3.68. The van der Waals surface area contributed by atoms with Crippen molar-refractivity contribution in [2.45, 2.75) is 40.5 Å². The standard InChI is InChI=1S/C9H20N2/c1-5-8(10)11-7-9(3,4)6-2/h5-7H2,1-4H3,(H2,10,11). The Bertz CT molecular complexity index is 136. The first-order chi connectivity index (χ1) is 5.02. The largest absolute Gasteiger partial charge is 0.387 e. The summed E-state index contributed by atoms with van der Waals surface area (Å²) in [5.74, 6) is 0.770. The third kappa shape index (κ3) is 4.82. The minimum Gasteiger partial charge on any atom is -0.387 e. The van der Waals surface area contributed by atoms with Gasteiger partial charge in [-0.2, -0.15) is 0 Å². The molecule has 0 aromatic carbocycles. The molecule has 0 aliphatic heterocycles. The van der Waals surface area contributed by atoms with Crippen LogP contribution in [0.5, 0.6) is 0 Å². The van der Waals surface area contributed by atoms with Crippen LogP contribution in [0.2, 0.25) is 0 Å². The van der Waals surface area contributed by atoms with E-state index in [2.05, 4.69) is 25.8 Å². The molecule has 0 saturated heterocycles. The first-order valence-corrected chi connectivity index (χ1v) is 4.30. The molecule has 66 valence electrons. The molecule has 0 unspecified atom stereocenters. The number of rotatable bonds is 4. The molecule has 0 radical (unpaired) electrons. The maximum absolute atomic E-state index is 5.58. The maximum atomic E-state index is 5.58. The zero-order valence-corrected chi connectivity index (χ0v) is 8.15. The van der Waals surface area contributed by atoms with E-state index in [4.69, 9.17) is 5.73 Å². The van der Waals surface area contributed by atoms with E-state index >= 15 is 0 Å². The van der Waals surface area contributed by atoms with Gasteiger partial charge in [0.1, 0.15) is 0 Å². The summed E-state index contributed by atoms with van der Waals surface area (Å²) in [5, 5.41) is 0. The van der Waals surface area contributed by atoms with E-state index in [0.29, 0.717) is 5.41 Å². The zero-order chi connectivity index (χ0) is 8.91. The zero-order valence-electron chi connectivity index (χ0n) is 8.15. The molecule has 0 spiro atoms. The van der Waals surface area contributed by atoms with Crippen LogP contribution < -0.4 is 5.73 Å². The highest BCUT2D eigenvalue weighted by Crippen LogP contribution is 2.19. The molecule has 2 N–H and O–H groups in total. The molecule has 0 saturated carbocycles. The third-order valence-corrected chi connectivity index (χ3v) is 2.03. The summed E-state index contributed by atoms with van der Waals surface area (Å²) in [7, 11) is 0. The van der Waals surface area contributed by atoms with E-state index in [9.17, 15) is 0 Å². The Labute approximate surface area is 69.9 Å². The fourth-order valence-electron chi connectivity index (χ4n) is 0.539. The van der Waals surface area contributed by atoms with Crippen LogP contribution in [0.25, 0.3) is 0 Å². The summed E-state index contributed by atoms with van der Waals surface area (Å²) in [6.07, 6.45) is 2.01. The van der Waals surface area contributed by atoms with Crippen molar-refractivity contribution in [2.75, 3.05) is 6.54 Å². The first kappa shape index (κ1) is 10.5. The second kappa shape index (κ2) is 4.37. The Morgan fingerprint density at radius 1 is 1.36 bits per heavy atom. The second-order valence-corrected chi connectivity index (χ2v) is 3.68. The molecule has 2 nitrogen and oxygen atoms in total. The summed E-state index contributed by atoms with van der Waals surface area (Å²) in [4.78, 5) is 4.28. The molecule has 0 amide bonds. The van der Waals surface area contributed by atoms with Crippen molar-refractivity contribution in [3.63, 3.8) is 0 Å². The fraction of sp³-hybridized carbons (Fsp3) is 0.889. The van der Waals surface area contributed by atoms with E-state index in [0.717, 1.165) is 25.2 Å². The van der Waals surface area contributed by atoms with E-state index in [1.807, 2.05) is 6.92 Å². The molecule has 0 rings (SSSR count). The highest BCUT2D eigenvalue weighted by molar-refractivity contribution is 5.79. The van der Waals surface area contributed by atoms with Gasteiger partial charge in [0.25, 0.3) is 0 Å². The van der Waals surface area contributed by atoms with Gasteiger partial charge in [0.2, 0.25) is 0 Å². The molecule has 0 bridgehead atoms. The Balaban J connectivity index is 3.86. The number of nitrogens with two attached hydrogens (primary N) is 1. The van der Waals surface area contributed by atoms with E-state index in [-0.39, 0.29) is 0 Å². The summed E-state index contributed by atoms with van der Waals surface area (Å²) in [6, 6.07) is 0. The number of hydrogen-bond donors (Lipinski definition) is 1. The van der Waals surface area contributed by atoms with Gasteiger partial charge in [-0.15, -0.1) is 0 Å². The van der Waals surface area contributed by atoms with Crippen molar-refractivity contribution >= 4 is 5.84 Å². The molecule has 0 fully saturated rings. The molecule has 0 aromatic rings. The van der Waals surface area contributed by atoms with Gasteiger partial charge in [-0.1, -0.05) is 27.7 Å². The number of nitrogens with zero attached hydrogens (tertiary/aromatic N) is 1. The number of aliphatic imine (C=N–C) groups is 1. The third-order valence-electron chi connectivity index (χ3n) is 2.03. The summed E-state index contributed by atoms with van der Waals surface area (Å²) < 4.78 is 0. The predicted molar refractivity (Wildman–Crippen MR) is 50.9 cm³/mol. The lowest BCUT2D eigenvalue weighted by molar-refractivity contribution is 0.366. The lowest BCUT2D eigenvalue weighted by Gasteiger charge is -2.19. The van der Waals surface area contributed by atoms with Crippen molar-refractivity contribution in [3.05, 3.63) is 0 Å². The van der Waals surface area contributed by atoms with Crippen molar-refractivity contribution in [2.24, 2.45) is 16.1 Å². The van der Waals surface area contributed by atoms with Crippen LogP contribution in [0.15, 0.2) is 4.99 Å². The van der Waals surface area contributed by atoms with E-state index in [1.54, 1.807) is 0 Å². The molecular weight excluding hydrogens is 136 g/mol. The summed E-state index contributed by atoms with van der Waals surface area (Å²) in [5.41, 5.74) is 5.89. The lowest BCUT2D eigenvalue weighted by Crippen LogP contribution is -2.18. The predicted octanol–water partition coefficient (Wildman–Crippen LogP) is 2.19. The highest BCUT2D eigenvalue weighted by atomic mass is 14.9. The van der Waals surface area contributed by atoms with Crippen molar-refractivity contribution in [1.82, 2.24) is 0 Å². The van der Waals surface area contributed by atoms with Gasteiger partial charge in [0, 0.05) is 13.0 Å². The molecule has 0 aromatic heterocycles. The van der Waals surface area contributed by atoms with Crippen molar-refractivity contribution in [3.8, 4) is 0 Å². The molecule has 0 heterocycles. The fourth-order valence-corrected chi connectivity index (χ4v) is 0.539. The van der Waals surface area contributed by atoms with Crippen LogP contribution in [-0.4, -0.2) is 12.4 Å². The summed E-state index contributed by atoms with van der Waals surface area (Å²) in [6.45, 7) is 9.47. The van der Waals surface area contributed by atoms with Crippen LogP contribution in [0.1, 0.15) is 40.5 Å². The summed E-state index contributed by atoms with van der Waals surface area (Å²) >= 11 is 0. The molecule has 0 aliphatic rings. The average Bonchev–Trinajstić information content (AvgIpc) is 2.00. The van der Waals surface area contributed by atoms with E-state index < -0.39 is 0 Å². The minimum absolute atomic E-state index is 0.305. The quantitative estimate of drug-likeness (QED) is 0.492. The van der Waals surface area contributed by atoms with Crippen molar-refractivity contribution in [1.29, 1.82) is 0 Å². The van der Waals surface area contributed by atoms with Gasteiger partial charge in [-0.3, -0.25) is 4.99 Å². The maximum Gasteiger partial charge on any atom is 0.0934 e. The van der Waals surface area contributed by atoms with Crippen LogP contribution in [0, 0.1) is 5.41 Å². The molecule has 0 atom stereocenters. The van der Waals surface area contributed by atoms with Gasteiger partial charge in [0.15, 0.2) is 0 Å². The Kier molecular flexibility index (Phi) is 4.16. The van der Waals surface area contributed by atoms with Gasteiger partial charge in [-0.25, -0.2) is 0 Å². The van der Waals surface area contributed by atoms with Gasteiger partial charge >= 0.3 is 0 Å². The Morgan fingerprint density at radius 2 is 1.91 bits per heavy atom. The monoisotopic (exact) mass is 156 g/mol. The SMILES string of the molecule is CCC(N)=NCC(C)(C)CC. The van der Waals surface area contributed by atoms with Crippen molar-refractivity contribution < 1.29 is 0 Å². The molecule has 0 aliphatic carbocycles. The van der Waals surface area contributed by atoms with Crippen LogP contribution in [-0.2, 0) is 0 Å². The lowest BCUT2D eigenvalue weighted by atomic mass is 9.91. The average molecular weight is 156 g/mol. The van der Waals surface area contributed by atoms with Crippen LogP contribution in [0.3, 0.4) is 0 Å². The van der Waals surface area contributed by atoms with Crippen LogP contribution >= 0.6 is 0 Å². The molecule has 2 heteroatoms. The minimum atomic E-state index is 0.305. The highest BCUT2D eigenvalue weighted by Gasteiger charge is 2.13. The van der Waals surface area contributed by atoms with Crippen LogP contribution in [0.4, 0.5) is 0 Å². The van der Waals surface area contributed by atoms with Gasteiger partial charge < -0.3 is 5.73 Å². The topological polar surface area (TPSA) is 38.4 Å². The van der Waals surface area contributed by atoms with Gasteiger partial charge in [-0.05, 0) is 11.8 Å². The molecular formula is C9H20N2.